The van der Waals surface area contributed by atoms with E-state index in [1.807, 2.05) is 0 Å². The molecular weight excluding hydrogens is 260 g/mol. The minimum atomic E-state index is -1.38. The first-order valence-electron chi connectivity index (χ1n) is 6.52. The summed E-state index contributed by atoms with van der Waals surface area (Å²) in [4.78, 5) is 24.6. The molecule has 0 aliphatic rings. The zero-order chi connectivity index (χ0) is 15.1. The van der Waals surface area contributed by atoms with Crippen molar-refractivity contribution in [3.63, 3.8) is 0 Å². The monoisotopic (exact) mass is 280 g/mol. The second-order valence-electron chi connectivity index (χ2n) is 4.29. The van der Waals surface area contributed by atoms with E-state index in [9.17, 15) is 19.8 Å². The first-order valence-corrected chi connectivity index (χ1v) is 6.52. The van der Waals surface area contributed by atoms with Crippen LogP contribution in [0, 0.1) is 0 Å². The first kappa shape index (κ1) is 16.0. The van der Waals surface area contributed by atoms with Crippen molar-refractivity contribution in [3.05, 3.63) is 35.9 Å². The molecule has 1 aromatic carbocycles. The Balaban J connectivity index is 2.85. The smallest absolute Gasteiger partial charge is 0.329 e. The van der Waals surface area contributed by atoms with Crippen LogP contribution >= 0.6 is 0 Å². The predicted molar refractivity (Wildman–Crippen MR) is 74.3 cm³/mol. The molecule has 0 fully saturated rings. The largest absolute Gasteiger partial charge is 0.480 e. The number of hydrogen-bond acceptors (Lipinski definition) is 3. The molecule has 0 saturated heterocycles. The summed E-state index contributed by atoms with van der Waals surface area (Å²) in [7, 11) is 0. The van der Waals surface area contributed by atoms with E-state index in [2.05, 4.69) is 5.32 Å². The van der Waals surface area contributed by atoms with E-state index < -0.39 is 24.1 Å². The summed E-state index contributed by atoms with van der Waals surface area (Å²) < 4.78 is 0. The number of nitrogens with one attached hydrogen (secondary N) is 1. The van der Waals surface area contributed by atoms with E-state index in [-0.39, 0.29) is 0 Å². The van der Waals surface area contributed by atoms with Gasteiger partial charge in [-0.2, -0.15) is 0 Å². The highest BCUT2D eigenvalue weighted by molar-refractivity contribution is 5.83. The molecule has 110 valence electrons. The molecule has 0 saturated carbocycles. The molecule has 0 aromatic heterocycles. The number of urea groups is 1. The number of aliphatic carboxylic acids is 1. The van der Waals surface area contributed by atoms with Gasteiger partial charge >= 0.3 is 12.0 Å². The van der Waals surface area contributed by atoms with Gasteiger partial charge in [-0.1, -0.05) is 30.3 Å². The van der Waals surface area contributed by atoms with Crippen molar-refractivity contribution in [1.29, 1.82) is 0 Å². The van der Waals surface area contributed by atoms with E-state index in [1.54, 1.807) is 44.2 Å². The molecule has 1 rings (SSSR count). The van der Waals surface area contributed by atoms with Crippen LogP contribution in [-0.2, 0) is 4.79 Å². The van der Waals surface area contributed by atoms with Crippen LogP contribution in [0.4, 0.5) is 4.79 Å². The summed E-state index contributed by atoms with van der Waals surface area (Å²) in [6.07, 6.45) is -1.30. The molecule has 0 aliphatic carbocycles. The topological polar surface area (TPSA) is 89.9 Å². The highest BCUT2D eigenvalue weighted by Gasteiger charge is 2.30. The Bertz CT molecular complexity index is 446. The molecule has 2 atom stereocenters. The fraction of sp³-hybridized carbons (Fsp3) is 0.429. The molecule has 0 bridgehead atoms. The first-order chi connectivity index (χ1) is 9.51. The molecule has 2 amide bonds. The number of carbonyl (C=O) groups is 2. The molecule has 20 heavy (non-hydrogen) atoms. The predicted octanol–water partition coefficient (Wildman–Crippen LogP) is 1.22. The Morgan fingerprint density at radius 2 is 1.75 bits per heavy atom. The maximum absolute atomic E-state index is 11.9. The van der Waals surface area contributed by atoms with Crippen LogP contribution in [0.1, 0.15) is 25.5 Å². The van der Waals surface area contributed by atoms with Gasteiger partial charge in [0.05, 0.1) is 0 Å². The van der Waals surface area contributed by atoms with Gasteiger partial charge in [-0.05, 0) is 19.4 Å². The summed E-state index contributed by atoms with van der Waals surface area (Å²) in [6, 6.07) is 6.50. The summed E-state index contributed by atoms with van der Waals surface area (Å²) in [5.74, 6) is -1.28. The number of aliphatic hydroxyl groups excluding tert-OH is 1. The van der Waals surface area contributed by atoms with Gasteiger partial charge < -0.3 is 20.4 Å². The van der Waals surface area contributed by atoms with Gasteiger partial charge in [0, 0.05) is 13.1 Å². The van der Waals surface area contributed by atoms with Crippen molar-refractivity contribution in [2.24, 2.45) is 0 Å². The van der Waals surface area contributed by atoms with Crippen molar-refractivity contribution in [3.8, 4) is 0 Å². The molecule has 1 aromatic rings. The van der Waals surface area contributed by atoms with Crippen molar-refractivity contribution in [2.45, 2.75) is 26.0 Å². The van der Waals surface area contributed by atoms with Gasteiger partial charge in [0.15, 0.2) is 6.04 Å². The van der Waals surface area contributed by atoms with Gasteiger partial charge in [0.1, 0.15) is 6.10 Å². The Morgan fingerprint density at radius 1 is 1.20 bits per heavy atom. The molecule has 0 heterocycles. The lowest BCUT2D eigenvalue weighted by Gasteiger charge is -2.25. The lowest BCUT2D eigenvalue weighted by Crippen LogP contribution is -2.50. The highest BCUT2D eigenvalue weighted by atomic mass is 16.4. The molecule has 2 unspecified atom stereocenters. The summed E-state index contributed by atoms with van der Waals surface area (Å²) in [6.45, 7) is 4.53. The Hall–Kier alpha value is -2.08. The molecule has 6 nitrogen and oxygen atoms in total. The average Bonchev–Trinajstić information content (AvgIpc) is 2.46. The van der Waals surface area contributed by atoms with Gasteiger partial charge in [0.2, 0.25) is 0 Å². The van der Waals surface area contributed by atoms with Crippen LogP contribution in [0.3, 0.4) is 0 Å². The van der Waals surface area contributed by atoms with Crippen molar-refractivity contribution in [2.75, 3.05) is 13.1 Å². The summed E-state index contributed by atoms with van der Waals surface area (Å²) in [5.41, 5.74) is 0.444. The molecule has 6 heteroatoms. The molecule has 0 radical (unpaired) electrons. The maximum Gasteiger partial charge on any atom is 0.329 e. The lowest BCUT2D eigenvalue weighted by atomic mass is 10.0. The number of rotatable bonds is 6. The minimum Gasteiger partial charge on any atom is -0.480 e. The standard InChI is InChI=1S/C14H20N2O4/c1-3-16(4-2)14(20)15-11(13(18)19)12(17)10-8-6-5-7-9-10/h5-9,11-12,17H,3-4H2,1-2H3,(H,15,20)(H,18,19). The van der Waals surface area contributed by atoms with E-state index in [0.29, 0.717) is 18.7 Å². The van der Waals surface area contributed by atoms with E-state index in [1.165, 1.54) is 4.90 Å². The SMILES string of the molecule is CCN(CC)C(=O)NC(C(=O)O)C(O)c1ccccc1. The number of nitrogens with zero attached hydrogens (tertiary/aromatic N) is 1. The minimum absolute atomic E-state index is 0.444. The Labute approximate surface area is 118 Å². The van der Waals surface area contributed by atoms with E-state index in [0.717, 1.165) is 0 Å². The maximum atomic E-state index is 11.9. The van der Waals surface area contributed by atoms with E-state index in [4.69, 9.17) is 0 Å². The van der Waals surface area contributed by atoms with Crippen LogP contribution < -0.4 is 5.32 Å². The van der Waals surface area contributed by atoms with Crippen LogP contribution in [0.5, 0.6) is 0 Å². The highest BCUT2D eigenvalue weighted by Crippen LogP contribution is 2.17. The van der Waals surface area contributed by atoms with Gasteiger partial charge in [-0.15, -0.1) is 0 Å². The zero-order valence-electron chi connectivity index (χ0n) is 11.6. The quantitative estimate of drug-likeness (QED) is 0.731. The van der Waals surface area contributed by atoms with Gasteiger partial charge in [-0.3, -0.25) is 0 Å². The number of aliphatic hydroxyl groups is 1. The molecular formula is C14H20N2O4. The number of carboxylic acids is 1. The van der Waals surface area contributed by atoms with Crippen molar-refractivity contribution in [1.82, 2.24) is 10.2 Å². The second kappa shape index (κ2) is 7.49. The third kappa shape index (κ3) is 3.96. The number of carbonyl (C=O) groups excluding carboxylic acids is 1. The Morgan fingerprint density at radius 3 is 2.20 bits per heavy atom. The molecule has 0 spiro atoms. The van der Waals surface area contributed by atoms with Crippen molar-refractivity contribution < 1.29 is 19.8 Å². The van der Waals surface area contributed by atoms with Crippen LogP contribution in [0.25, 0.3) is 0 Å². The normalized spacial score (nSPS) is 13.3. The van der Waals surface area contributed by atoms with E-state index >= 15 is 0 Å². The van der Waals surface area contributed by atoms with Crippen molar-refractivity contribution >= 4 is 12.0 Å². The number of hydrogen-bond donors (Lipinski definition) is 3. The summed E-state index contributed by atoms with van der Waals surface area (Å²) in [5, 5.41) is 21.7. The number of benzene rings is 1. The van der Waals surface area contributed by atoms with Gasteiger partial charge in [0.25, 0.3) is 0 Å². The third-order valence-corrected chi connectivity index (χ3v) is 3.05. The molecule has 3 N–H and O–H groups in total. The number of carboxylic acid groups (broad SMARTS) is 1. The van der Waals surface area contributed by atoms with Crippen LogP contribution in [0.15, 0.2) is 30.3 Å². The summed E-state index contributed by atoms with van der Waals surface area (Å²) >= 11 is 0. The fourth-order valence-corrected chi connectivity index (χ4v) is 1.85. The van der Waals surface area contributed by atoms with Gasteiger partial charge in [-0.25, -0.2) is 9.59 Å². The number of amides is 2. The zero-order valence-corrected chi connectivity index (χ0v) is 11.6. The van der Waals surface area contributed by atoms with Crippen LogP contribution in [-0.4, -0.2) is 46.2 Å². The second-order valence-corrected chi connectivity index (χ2v) is 4.29. The molecule has 0 aliphatic heterocycles. The third-order valence-electron chi connectivity index (χ3n) is 3.05. The average molecular weight is 280 g/mol. The van der Waals surface area contributed by atoms with Crippen LogP contribution in [0.2, 0.25) is 0 Å². The Kier molecular flexibility index (Phi) is 5.99. The fourth-order valence-electron chi connectivity index (χ4n) is 1.85. The lowest BCUT2D eigenvalue weighted by molar-refractivity contribution is -0.142.